The molecule has 0 saturated heterocycles. The van der Waals surface area contributed by atoms with Gasteiger partial charge in [-0.2, -0.15) is 0 Å². The van der Waals surface area contributed by atoms with E-state index in [0.717, 1.165) is 5.57 Å². The lowest BCUT2D eigenvalue weighted by Crippen LogP contribution is -2.19. The SMILES string of the molecule is CCON=CC=C(C)C=C/C=C(/C)C=CC1=C(C)CCCC1(C)C. The molecule has 0 atom stereocenters. The molecule has 0 heterocycles. The van der Waals surface area contributed by atoms with Crippen molar-refractivity contribution in [1.29, 1.82) is 0 Å². The molecule has 0 amide bonds. The largest absolute Gasteiger partial charge is 0.396 e. The van der Waals surface area contributed by atoms with Gasteiger partial charge < -0.3 is 4.84 Å². The molecule has 0 radical (unpaired) electrons. The summed E-state index contributed by atoms with van der Waals surface area (Å²) in [4.78, 5) is 4.92. The van der Waals surface area contributed by atoms with E-state index in [2.05, 4.69) is 63.2 Å². The zero-order chi connectivity index (χ0) is 18.0. The predicted molar refractivity (Wildman–Crippen MR) is 106 cm³/mol. The van der Waals surface area contributed by atoms with E-state index in [9.17, 15) is 0 Å². The minimum absolute atomic E-state index is 0.300. The Morgan fingerprint density at radius 2 is 1.88 bits per heavy atom. The van der Waals surface area contributed by atoms with E-state index in [1.54, 1.807) is 11.8 Å². The standard InChI is InChI=1S/C22H33NO/c1-7-24-23-17-15-19(3)11-8-10-18(2)13-14-21-20(4)12-9-16-22(21,5)6/h8,10-11,13-15,17H,7,9,12,16H2,1-6H3/b11-8?,14-13?,18-10-,19-15?,23-17?. The molecule has 0 bridgehead atoms. The first-order chi connectivity index (χ1) is 11.4. The average molecular weight is 328 g/mol. The van der Waals surface area contributed by atoms with Gasteiger partial charge in [-0.15, -0.1) is 0 Å². The molecule has 0 spiro atoms. The summed E-state index contributed by atoms with van der Waals surface area (Å²) in [7, 11) is 0. The molecule has 0 aromatic rings. The third-order valence-corrected chi connectivity index (χ3v) is 4.38. The summed E-state index contributed by atoms with van der Waals surface area (Å²) in [5, 5.41) is 3.81. The summed E-state index contributed by atoms with van der Waals surface area (Å²) in [6, 6.07) is 0. The molecule has 0 aromatic carbocycles. The zero-order valence-electron chi connectivity index (χ0n) is 16.2. The van der Waals surface area contributed by atoms with Crippen molar-refractivity contribution in [1.82, 2.24) is 0 Å². The van der Waals surface area contributed by atoms with Crippen LogP contribution in [0.25, 0.3) is 0 Å². The molecule has 0 unspecified atom stereocenters. The summed E-state index contributed by atoms with van der Waals surface area (Å²) in [5.74, 6) is 0. The summed E-state index contributed by atoms with van der Waals surface area (Å²) < 4.78 is 0. The highest BCUT2D eigenvalue weighted by molar-refractivity contribution is 5.72. The van der Waals surface area contributed by atoms with Gasteiger partial charge in [0.1, 0.15) is 6.61 Å². The van der Waals surface area contributed by atoms with Crippen molar-refractivity contribution in [3.63, 3.8) is 0 Å². The molecule has 1 rings (SSSR count). The van der Waals surface area contributed by atoms with Crippen LogP contribution in [0.2, 0.25) is 0 Å². The lowest BCUT2D eigenvalue weighted by atomic mass is 9.72. The van der Waals surface area contributed by atoms with Gasteiger partial charge in [0.25, 0.3) is 0 Å². The quantitative estimate of drug-likeness (QED) is 0.295. The van der Waals surface area contributed by atoms with Crippen LogP contribution in [-0.4, -0.2) is 12.8 Å². The first-order valence-electron chi connectivity index (χ1n) is 8.92. The van der Waals surface area contributed by atoms with Gasteiger partial charge in [-0.3, -0.25) is 0 Å². The maximum atomic E-state index is 4.92. The second kappa shape index (κ2) is 10.1. The first-order valence-corrected chi connectivity index (χ1v) is 8.92. The van der Waals surface area contributed by atoms with Crippen molar-refractivity contribution < 1.29 is 4.84 Å². The zero-order valence-corrected chi connectivity index (χ0v) is 16.2. The Morgan fingerprint density at radius 1 is 1.17 bits per heavy atom. The molecule has 1 aliphatic rings. The molecule has 0 N–H and O–H groups in total. The number of allylic oxidation sites excluding steroid dienone is 10. The Morgan fingerprint density at radius 3 is 2.54 bits per heavy atom. The molecule has 2 heteroatoms. The van der Waals surface area contributed by atoms with Crippen molar-refractivity contribution in [2.75, 3.05) is 6.61 Å². The third-order valence-electron chi connectivity index (χ3n) is 4.38. The van der Waals surface area contributed by atoms with Gasteiger partial charge >= 0.3 is 0 Å². The van der Waals surface area contributed by atoms with Crippen LogP contribution in [0.3, 0.4) is 0 Å². The average Bonchev–Trinajstić information content (AvgIpc) is 2.50. The van der Waals surface area contributed by atoms with Gasteiger partial charge in [0.05, 0.1) is 6.21 Å². The molecule has 2 nitrogen and oxygen atoms in total. The van der Waals surface area contributed by atoms with Crippen molar-refractivity contribution in [2.45, 2.75) is 60.8 Å². The maximum absolute atomic E-state index is 4.92. The maximum Gasteiger partial charge on any atom is 0.114 e. The van der Waals surface area contributed by atoms with E-state index in [-0.39, 0.29) is 0 Å². The highest BCUT2D eigenvalue weighted by Gasteiger charge is 2.26. The highest BCUT2D eigenvalue weighted by Crippen LogP contribution is 2.40. The molecule has 0 aromatic heterocycles. The molecule has 0 fully saturated rings. The van der Waals surface area contributed by atoms with Crippen LogP contribution in [0, 0.1) is 5.41 Å². The highest BCUT2D eigenvalue weighted by atomic mass is 16.6. The Balaban J connectivity index is 2.68. The number of hydrogen-bond donors (Lipinski definition) is 0. The van der Waals surface area contributed by atoms with Gasteiger partial charge in [-0.05, 0) is 69.6 Å². The lowest BCUT2D eigenvalue weighted by molar-refractivity contribution is 0.160. The summed E-state index contributed by atoms with van der Waals surface area (Å²) in [6.07, 6.45) is 18.3. The van der Waals surface area contributed by atoms with E-state index in [0.29, 0.717) is 12.0 Å². The third kappa shape index (κ3) is 7.16. The Bertz CT molecular complexity index is 583. The van der Waals surface area contributed by atoms with E-state index in [4.69, 9.17) is 4.84 Å². The Kier molecular flexibility index (Phi) is 8.53. The van der Waals surface area contributed by atoms with Gasteiger partial charge in [-0.25, -0.2) is 0 Å². The normalized spacial score (nSPS) is 19.9. The van der Waals surface area contributed by atoms with Gasteiger partial charge in [0.2, 0.25) is 0 Å². The van der Waals surface area contributed by atoms with Crippen LogP contribution in [0.5, 0.6) is 0 Å². The van der Waals surface area contributed by atoms with Crippen molar-refractivity contribution in [3.05, 3.63) is 58.7 Å². The molecule has 0 saturated carbocycles. The van der Waals surface area contributed by atoms with Gasteiger partial charge in [0.15, 0.2) is 0 Å². The smallest absolute Gasteiger partial charge is 0.114 e. The second-order valence-electron chi connectivity index (χ2n) is 7.12. The lowest BCUT2D eigenvalue weighted by Gasteiger charge is -2.32. The minimum atomic E-state index is 0.300. The fourth-order valence-corrected chi connectivity index (χ4v) is 2.95. The fraction of sp³-hybridized carbons (Fsp3) is 0.500. The van der Waals surface area contributed by atoms with Gasteiger partial charge in [-0.1, -0.05) is 60.5 Å². The topological polar surface area (TPSA) is 21.6 Å². The van der Waals surface area contributed by atoms with Crippen molar-refractivity contribution >= 4 is 6.21 Å². The van der Waals surface area contributed by atoms with Crippen LogP contribution in [-0.2, 0) is 4.84 Å². The Labute approximate surface area is 148 Å². The van der Waals surface area contributed by atoms with Crippen LogP contribution in [0.4, 0.5) is 0 Å². The molecular weight excluding hydrogens is 294 g/mol. The first kappa shape index (κ1) is 20.2. The summed E-state index contributed by atoms with van der Waals surface area (Å²) >= 11 is 0. The number of nitrogens with zero attached hydrogens (tertiary/aromatic N) is 1. The van der Waals surface area contributed by atoms with Crippen LogP contribution in [0.1, 0.15) is 60.8 Å². The monoisotopic (exact) mass is 327 g/mol. The predicted octanol–water partition coefficient (Wildman–Crippen LogP) is 6.54. The summed E-state index contributed by atoms with van der Waals surface area (Å²) in [6.45, 7) is 13.7. The minimum Gasteiger partial charge on any atom is -0.396 e. The second-order valence-corrected chi connectivity index (χ2v) is 7.12. The fourth-order valence-electron chi connectivity index (χ4n) is 2.95. The molecule has 132 valence electrons. The molecule has 0 aliphatic heterocycles. The van der Waals surface area contributed by atoms with Crippen LogP contribution >= 0.6 is 0 Å². The van der Waals surface area contributed by atoms with Crippen molar-refractivity contribution in [2.24, 2.45) is 10.6 Å². The molecule has 24 heavy (non-hydrogen) atoms. The summed E-state index contributed by atoms with van der Waals surface area (Å²) in [5.41, 5.74) is 5.74. The van der Waals surface area contributed by atoms with Gasteiger partial charge in [0, 0.05) is 0 Å². The van der Waals surface area contributed by atoms with E-state index in [1.807, 2.05) is 19.9 Å². The van der Waals surface area contributed by atoms with Crippen LogP contribution in [0.15, 0.2) is 63.9 Å². The number of hydrogen-bond acceptors (Lipinski definition) is 2. The van der Waals surface area contributed by atoms with Crippen LogP contribution < -0.4 is 0 Å². The number of oxime groups is 1. The Hall–Kier alpha value is -1.83. The molecule has 1 aliphatic carbocycles. The van der Waals surface area contributed by atoms with E-state index < -0.39 is 0 Å². The van der Waals surface area contributed by atoms with E-state index >= 15 is 0 Å². The molecular formula is C22H33NO. The number of rotatable bonds is 7. The van der Waals surface area contributed by atoms with Crippen molar-refractivity contribution in [3.8, 4) is 0 Å². The van der Waals surface area contributed by atoms with E-state index in [1.165, 1.54) is 30.4 Å².